The molecule has 64 valence electrons. The van der Waals surface area contributed by atoms with Crippen molar-refractivity contribution in [3.8, 4) is 0 Å². The van der Waals surface area contributed by atoms with Gasteiger partial charge in [0.1, 0.15) is 0 Å². The number of carbonyl (C=O) groups is 3. The molecule has 11 heavy (non-hydrogen) atoms. The highest BCUT2D eigenvalue weighted by molar-refractivity contribution is 6.74. The summed E-state index contributed by atoms with van der Waals surface area (Å²) < 4.78 is -1.72. The second kappa shape index (κ2) is 6.39. The minimum Gasteiger partial charge on any atom is -0.476 e. The molecule has 0 saturated heterocycles. The van der Waals surface area contributed by atoms with Crippen molar-refractivity contribution in [2.45, 2.75) is 3.79 Å². The van der Waals surface area contributed by atoms with E-state index < -0.39 is 9.76 Å². The lowest BCUT2D eigenvalue weighted by atomic mass is 10.8. The van der Waals surface area contributed by atoms with Crippen LogP contribution in [0.4, 0.5) is 0 Å². The van der Waals surface area contributed by atoms with Crippen molar-refractivity contribution in [2.75, 3.05) is 0 Å². The minimum atomic E-state index is -1.72. The SMILES string of the molecule is O=CC(=O)O.O=CC(Cl)(Cl)Cl. The van der Waals surface area contributed by atoms with Gasteiger partial charge in [-0.15, -0.1) is 0 Å². The molecule has 1 N–H and O–H groups in total. The molecule has 0 aromatic rings. The number of carbonyl (C=O) groups excluding carboxylic acids is 2. The van der Waals surface area contributed by atoms with Crippen LogP contribution in [0.1, 0.15) is 0 Å². The number of hydrogen-bond donors (Lipinski definition) is 1. The molecule has 0 aromatic heterocycles. The number of halogens is 3. The molecule has 0 unspecified atom stereocenters. The van der Waals surface area contributed by atoms with Gasteiger partial charge in [-0.05, 0) is 0 Å². The summed E-state index contributed by atoms with van der Waals surface area (Å²) in [6.45, 7) is 0. The normalized spacial score (nSPS) is 9.00. The van der Waals surface area contributed by atoms with Gasteiger partial charge in [-0.2, -0.15) is 0 Å². The van der Waals surface area contributed by atoms with Crippen molar-refractivity contribution in [2.24, 2.45) is 0 Å². The Morgan fingerprint density at radius 3 is 1.45 bits per heavy atom. The Morgan fingerprint density at radius 2 is 1.45 bits per heavy atom. The summed E-state index contributed by atoms with van der Waals surface area (Å²) in [5.41, 5.74) is 0. The van der Waals surface area contributed by atoms with Gasteiger partial charge >= 0.3 is 5.97 Å². The van der Waals surface area contributed by atoms with Crippen LogP contribution in [-0.4, -0.2) is 27.4 Å². The molecular formula is C4H3Cl3O4. The van der Waals surface area contributed by atoms with Gasteiger partial charge in [-0.25, -0.2) is 4.79 Å². The number of rotatable bonds is 1. The van der Waals surface area contributed by atoms with E-state index in [0.717, 1.165) is 0 Å². The second-order valence-corrected chi connectivity index (χ2v) is 3.48. The third kappa shape index (κ3) is 26.1. The maximum Gasteiger partial charge on any atom is 0.368 e. The Kier molecular flexibility index (Phi) is 7.72. The summed E-state index contributed by atoms with van der Waals surface area (Å²) in [5.74, 6) is -1.43. The van der Waals surface area contributed by atoms with Crippen molar-refractivity contribution in [1.82, 2.24) is 0 Å². The van der Waals surface area contributed by atoms with Crippen LogP contribution in [0.3, 0.4) is 0 Å². The molecule has 0 spiro atoms. The second-order valence-electron chi connectivity index (χ2n) is 1.12. The number of aliphatic carboxylic acids is 1. The Morgan fingerprint density at radius 1 is 1.27 bits per heavy atom. The quantitative estimate of drug-likeness (QED) is 0.404. The molecular weight excluding hydrogens is 218 g/mol. The first-order valence-electron chi connectivity index (χ1n) is 2.04. The van der Waals surface area contributed by atoms with E-state index in [4.69, 9.17) is 49.5 Å². The molecule has 0 bridgehead atoms. The van der Waals surface area contributed by atoms with Crippen LogP contribution in [-0.2, 0) is 14.4 Å². The number of alkyl halides is 3. The van der Waals surface area contributed by atoms with Crippen LogP contribution >= 0.6 is 34.8 Å². The molecule has 7 heteroatoms. The molecule has 4 nitrogen and oxygen atoms in total. The van der Waals surface area contributed by atoms with Crippen LogP contribution in [0.5, 0.6) is 0 Å². The van der Waals surface area contributed by atoms with Crippen LogP contribution in [0.25, 0.3) is 0 Å². The maximum absolute atomic E-state index is 9.43. The first-order chi connectivity index (χ1) is 4.83. The predicted octanol–water partition coefficient (Wildman–Crippen LogP) is 0.825. The fraction of sp³-hybridized carbons (Fsp3) is 0.250. The lowest BCUT2D eigenvalue weighted by Crippen LogP contribution is -2.00. The molecule has 0 aliphatic heterocycles. The van der Waals surface area contributed by atoms with E-state index in [1.54, 1.807) is 0 Å². The molecule has 0 radical (unpaired) electrons. The molecule has 0 saturated carbocycles. The van der Waals surface area contributed by atoms with E-state index in [9.17, 15) is 4.79 Å². The predicted molar refractivity (Wildman–Crippen MR) is 40.1 cm³/mol. The third-order valence-corrected chi connectivity index (χ3v) is 0.502. The van der Waals surface area contributed by atoms with Crippen LogP contribution in [0, 0.1) is 0 Å². The molecule has 0 fully saturated rings. The van der Waals surface area contributed by atoms with Gasteiger partial charge in [0.2, 0.25) is 10.1 Å². The average molecular weight is 221 g/mol. The fourth-order valence-corrected chi connectivity index (χ4v) is 0. The lowest BCUT2D eigenvalue weighted by molar-refractivity contribution is -0.143. The third-order valence-electron chi connectivity index (χ3n) is 0.234. The highest BCUT2D eigenvalue weighted by atomic mass is 35.6. The molecule has 0 heterocycles. The van der Waals surface area contributed by atoms with Crippen LogP contribution < -0.4 is 0 Å². The van der Waals surface area contributed by atoms with Crippen LogP contribution in [0.2, 0.25) is 0 Å². The Hall–Kier alpha value is -0.320. The van der Waals surface area contributed by atoms with Gasteiger partial charge in [-0.1, -0.05) is 34.8 Å². The number of carboxylic acids is 1. The van der Waals surface area contributed by atoms with E-state index >= 15 is 0 Å². The van der Waals surface area contributed by atoms with E-state index in [2.05, 4.69) is 0 Å². The van der Waals surface area contributed by atoms with Crippen molar-refractivity contribution < 1.29 is 19.5 Å². The van der Waals surface area contributed by atoms with Gasteiger partial charge in [0.05, 0.1) is 0 Å². The summed E-state index contributed by atoms with van der Waals surface area (Å²) in [4.78, 5) is 27.3. The molecule has 0 rings (SSSR count). The molecule has 0 aromatic carbocycles. The average Bonchev–Trinajstić information content (AvgIpc) is 1.88. The zero-order valence-electron chi connectivity index (χ0n) is 4.96. The molecule has 0 amide bonds. The highest BCUT2D eigenvalue weighted by Crippen LogP contribution is 2.21. The first-order valence-corrected chi connectivity index (χ1v) is 3.18. The summed E-state index contributed by atoms with van der Waals surface area (Å²) in [6, 6.07) is 0. The number of aldehydes is 2. The molecule has 0 atom stereocenters. The smallest absolute Gasteiger partial charge is 0.368 e. The topological polar surface area (TPSA) is 71.4 Å². The van der Waals surface area contributed by atoms with E-state index in [0.29, 0.717) is 0 Å². The van der Waals surface area contributed by atoms with Gasteiger partial charge in [0.15, 0.2) is 6.29 Å². The summed E-state index contributed by atoms with van der Waals surface area (Å²) in [6.07, 6.45) is 0.0671. The van der Waals surface area contributed by atoms with E-state index in [1.807, 2.05) is 0 Å². The Labute approximate surface area is 77.0 Å². The Balaban J connectivity index is 0. The molecule has 0 aliphatic carbocycles. The minimum absolute atomic E-state index is 0.167. The van der Waals surface area contributed by atoms with Gasteiger partial charge in [0.25, 0.3) is 0 Å². The fourth-order valence-electron chi connectivity index (χ4n) is 0. The largest absolute Gasteiger partial charge is 0.476 e. The van der Waals surface area contributed by atoms with Gasteiger partial charge in [-0.3, -0.25) is 9.59 Å². The lowest BCUT2D eigenvalue weighted by Gasteiger charge is -1.93. The van der Waals surface area contributed by atoms with Crippen molar-refractivity contribution in [3.63, 3.8) is 0 Å². The van der Waals surface area contributed by atoms with Crippen molar-refractivity contribution in [1.29, 1.82) is 0 Å². The number of hydrogen-bond acceptors (Lipinski definition) is 3. The maximum atomic E-state index is 9.43. The monoisotopic (exact) mass is 220 g/mol. The summed E-state index contributed by atoms with van der Waals surface area (Å²) in [7, 11) is 0. The standard InChI is InChI=1S/C2HCl3O.C2H2O3/c3-2(4,5)1-6;3-1-2(4)5/h1H;1H,(H,4,5). The van der Waals surface area contributed by atoms with Crippen molar-refractivity contribution >= 4 is 53.3 Å². The van der Waals surface area contributed by atoms with Crippen LogP contribution in [0.15, 0.2) is 0 Å². The number of carboxylic acid groups (broad SMARTS) is 1. The van der Waals surface area contributed by atoms with Gasteiger partial charge < -0.3 is 5.11 Å². The Bertz CT molecular complexity index is 150. The zero-order valence-corrected chi connectivity index (χ0v) is 7.23. The van der Waals surface area contributed by atoms with Gasteiger partial charge in [0, 0.05) is 0 Å². The highest BCUT2D eigenvalue weighted by Gasteiger charge is 2.16. The first kappa shape index (κ1) is 13.3. The molecule has 0 aliphatic rings. The van der Waals surface area contributed by atoms with E-state index in [1.165, 1.54) is 0 Å². The van der Waals surface area contributed by atoms with E-state index in [-0.39, 0.29) is 12.6 Å². The summed E-state index contributed by atoms with van der Waals surface area (Å²) in [5, 5.41) is 7.35. The summed E-state index contributed by atoms with van der Waals surface area (Å²) >= 11 is 14.6. The van der Waals surface area contributed by atoms with Crippen molar-refractivity contribution in [3.05, 3.63) is 0 Å². The zero-order chi connectivity index (χ0) is 9.49.